The molecule has 1 aromatic carbocycles. The van der Waals surface area contributed by atoms with Gasteiger partial charge in [-0.2, -0.15) is 0 Å². The van der Waals surface area contributed by atoms with Gasteiger partial charge in [-0.05, 0) is 0 Å². The summed E-state index contributed by atoms with van der Waals surface area (Å²) >= 11 is 0.203. The van der Waals surface area contributed by atoms with Crippen LogP contribution in [-0.4, -0.2) is 25.2 Å². The number of H-pyrrole nitrogens is 1. The Bertz CT molecular complexity index is 442. The summed E-state index contributed by atoms with van der Waals surface area (Å²) in [5.41, 5.74) is 2.15. The van der Waals surface area contributed by atoms with Crippen LogP contribution in [0.5, 0.6) is 0 Å². The Balaban J connectivity index is 2.25. The third kappa shape index (κ3) is 2.28. The third-order valence-corrected chi connectivity index (χ3v) is 4.85. The van der Waals surface area contributed by atoms with Crippen molar-refractivity contribution in [2.45, 2.75) is 13.8 Å². The first-order valence-corrected chi connectivity index (χ1v) is 6.33. The third-order valence-electron chi connectivity index (χ3n) is 2.09. The fraction of sp³-hybridized carbons (Fsp3) is 0.182. The molecule has 0 bridgehead atoms. The minimum atomic E-state index is -0.185. The fourth-order valence-corrected chi connectivity index (χ4v) is 3.20. The Kier molecular flexibility index (Phi) is 2.89. The van der Waals surface area contributed by atoms with E-state index in [2.05, 4.69) is 10.2 Å². The molecule has 2 aromatic rings. The number of aromatic nitrogens is 2. The zero-order valence-electron chi connectivity index (χ0n) is 8.54. The molecule has 0 amide bonds. The van der Waals surface area contributed by atoms with Gasteiger partial charge >= 0.3 is 93.8 Å². The average molecular weight is 269 g/mol. The van der Waals surface area contributed by atoms with Gasteiger partial charge in [0.1, 0.15) is 0 Å². The first kappa shape index (κ1) is 10.4. The van der Waals surface area contributed by atoms with Gasteiger partial charge in [0.2, 0.25) is 0 Å². The summed E-state index contributed by atoms with van der Waals surface area (Å²) in [5.74, 6) is -0.185. The Labute approximate surface area is 94.1 Å². The number of rotatable bonds is 2. The van der Waals surface area contributed by atoms with E-state index in [1.54, 1.807) is 0 Å². The van der Waals surface area contributed by atoms with E-state index in [4.69, 9.17) is 0 Å². The predicted molar refractivity (Wildman–Crippen MR) is 59.5 cm³/mol. The van der Waals surface area contributed by atoms with E-state index >= 15 is 0 Å². The number of aromatic amines is 1. The molecule has 0 saturated heterocycles. The number of benzene rings is 1. The molecule has 2 nitrogen and oxygen atoms in total. The van der Waals surface area contributed by atoms with Crippen LogP contribution in [0.4, 0.5) is 4.39 Å². The van der Waals surface area contributed by atoms with E-state index in [1.807, 2.05) is 26.0 Å². The SMILES string of the molecule is Cc1n[nH]c(C)c1[Se]c1ccc(F)cc1. The van der Waals surface area contributed by atoms with Gasteiger partial charge in [0.15, 0.2) is 0 Å². The van der Waals surface area contributed by atoms with Crippen LogP contribution in [0.2, 0.25) is 0 Å². The van der Waals surface area contributed by atoms with Gasteiger partial charge in [-0.25, -0.2) is 0 Å². The van der Waals surface area contributed by atoms with E-state index in [1.165, 1.54) is 16.6 Å². The van der Waals surface area contributed by atoms with Gasteiger partial charge in [-0.1, -0.05) is 0 Å². The first-order chi connectivity index (χ1) is 7.16. The van der Waals surface area contributed by atoms with Gasteiger partial charge in [-0.15, -0.1) is 0 Å². The first-order valence-electron chi connectivity index (χ1n) is 4.62. The molecule has 0 aliphatic heterocycles. The van der Waals surface area contributed by atoms with Gasteiger partial charge in [-0.3, -0.25) is 0 Å². The molecular formula is C11H11FN2Se. The molecule has 0 saturated carbocycles. The number of hydrogen-bond acceptors (Lipinski definition) is 1. The second kappa shape index (κ2) is 4.17. The fourth-order valence-electron chi connectivity index (χ4n) is 1.31. The zero-order valence-corrected chi connectivity index (χ0v) is 10.3. The summed E-state index contributed by atoms with van der Waals surface area (Å²) in [6.45, 7) is 4.00. The van der Waals surface area contributed by atoms with Crippen molar-refractivity contribution in [2.24, 2.45) is 0 Å². The Morgan fingerprint density at radius 1 is 1.20 bits per heavy atom. The number of aryl methyl sites for hydroxylation is 2. The minimum absolute atomic E-state index is 0.185. The van der Waals surface area contributed by atoms with Crippen LogP contribution in [0.1, 0.15) is 11.4 Å². The Morgan fingerprint density at radius 3 is 2.40 bits per heavy atom. The van der Waals surface area contributed by atoms with E-state index in [0.717, 1.165) is 15.8 Å². The van der Waals surface area contributed by atoms with Crippen molar-refractivity contribution in [3.63, 3.8) is 0 Å². The topological polar surface area (TPSA) is 28.7 Å². The van der Waals surface area contributed by atoms with Gasteiger partial charge in [0.25, 0.3) is 0 Å². The summed E-state index contributed by atoms with van der Waals surface area (Å²) in [5, 5.41) is 7.11. The van der Waals surface area contributed by atoms with Crippen LogP contribution < -0.4 is 8.92 Å². The molecule has 0 atom stereocenters. The normalized spacial score (nSPS) is 10.6. The molecule has 0 aliphatic rings. The van der Waals surface area contributed by atoms with Crippen molar-refractivity contribution in [3.05, 3.63) is 41.5 Å². The molecule has 0 aliphatic carbocycles. The Morgan fingerprint density at radius 2 is 1.87 bits per heavy atom. The van der Waals surface area contributed by atoms with E-state index in [-0.39, 0.29) is 20.8 Å². The van der Waals surface area contributed by atoms with Gasteiger partial charge < -0.3 is 0 Å². The molecule has 78 valence electrons. The summed E-state index contributed by atoms with van der Waals surface area (Å²) in [7, 11) is 0. The van der Waals surface area contributed by atoms with Crippen molar-refractivity contribution in [1.29, 1.82) is 0 Å². The molecule has 0 spiro atoms. The number of halogens is 1. The second-order valence-electron chi connectivity index (χ2n) is 3.32. The molecule has 1 aromatic heterocycles. The van der Waals surface area contributed by atoms with E-state index in [0.29, 0.717) is 0 Å². The molecule has 4 heteroatoms. The zero-order chi connectivity index (χ0) is 10.8. The summed E-state index contributed by atoms with van der Waals surface area (Å²) < 4.78 is 15.1. The maximum atomic E-state index is 12.7. The molecule has 15 heavy (non-hydrogen) atoms. The molecular weight excluding hydrogens is 258 g/mol. The summed E-state index contributed by atoms with van der Waals surface area (Å²) in [6, 6.07) is 6.67. The number of nitrogens with one attached hydrogen (secondary N) is 1. The molecule has 0 unspecified atom stereocenters. The maximum absolute atomic E-state index is 12.7. The van der Waals surface area contributed by atoms with Gasteiger partial charge in [0.05, 0.1) is 0 Å². The number of hydrogen-bond donors (Lipinski definition) is 1. The molecule has 0 radical (unpaired) electrons. The van der Waals surface area contributed by atoms with E-state index in [9.17, 15) is 4.39 Å². The van der Waals surface area contributed by atoms with Crippen molar-refractivity contribution < 1.29 is 4.39 Å². The molecule has 1 N–H and O–H groups in total. The Hall–Kier alpha value is -1.12. The van der Waals surface area contributed by atoms with Crippen LogP contribution in [0.25, 0.3) is 0 Å². The van der Waals surface area contributed by atoms with Crippen LogP contribution in [0, 0.1) is 19.7 Å². The summed E-state index contributed by atoms with van der Waals surface area (Å²) in [4.78, 5) is 0. The summed E-state index contributed by atoms with van der Waals surface area (Å²) in [6.07, 6.45) is 0. The quantitative estimate of drug-likeness (QED) is 0.803. The predicted octanol–water partition coefficient (Wildman–Crippen LogP) is 0.821. The van der Waals surface area contributed by atoms with Crippen molar-refractivity contribution in [1.82, 2.24) is 10.2 Å². The number of nitrogens with zero attached hydrogens (tertiary/aromatic N) is 1. The molecule has 0 fully saturated rings. The van der Waals surface area contributed by atoms with Crippen LogP contribution in [-0.2, 0) is 0 Å². The van der Waals surface area contributed by atoms with E-state index < -0.39 is 0 Å². The van der Waals surface area contributed by atoms with Crippen molar-refractivity contribution >= 4 is 23.9 Å². The molecule has 1 heterocycles. The van der Waals surface area contributed by atoms with Crippen LogP contribution >= 0.6 is 0 Å². The van der Waals surface area contributed by atoms with Crippen molar-refractivity contribution in [3.8, 4) is 0 Å². The monoisotopic (exact) mass is 270 g/mol. The molecule has 2 rings (SSSR count). The van der Waals surface area contributed by atoms with Crippen LogP contribution in [0.15, 0.2) is 24.3 Å². The second-order valence-corrected chi connectivity index (χ2v) is 5.59. The van der Waals surface area contributed by atoms with Crippen LogP contribution in [0.3, 0.4) is 0 Å². The average Bonchev–Trinajstić information content (AvgIpc) is 2.53. The van der Waals surface area contributed by atoms with Crippen molar-refractivity contribution in [2.75, 3.05) is 0 Å². The van der Waals surface area contributed by atoms with Gasteiger partial charge in [0, 0.05) is 0 Å². The standard InChI is InChI=1S/C11H11FN2Se/c1-7-11(8(2)14-13-7)15-10-5-3-9(12)4-6-10/h3-6H,1-2H3,(H,13,14).